The van der Waals surface area contributed by atoms with Crippen molar-refractivity contribution >= 4 is 34.8 Å². The molecule has 0 unspecified atom stereocenters. The molecule has 0 aliphatic heterocycles. The second-order valence-corrected chi connectivity index (χ2v) is 6.44. The zero-order chi connectivity index (χ0) is 20.6. The molecular formula is C22H19ClN2O4. The summed E-state index contributed by atoms with van der Waals surface area (Å²) in [5.41, 5.74) is 1.70. The molecule has 0 heterocycles. The van der Waals surface area contributed by atoms with E-state index in [-0.39, 0.29) is 18.4 Å². The number of hydrogen-bond donors (Lipinski definition) is 2. The molecule has 0 spiro atoms. The lowest BCUT2D eigenvalue weighted by atomic mass is 10.2. The van der Waals surface area contributed by atoms with Gasteiger partial charge in [0, 0.05) is 16.9 Å². The molecule has 3 rings (SSSR count). The number of para-hydroxylation sites is 1. The van der Waals surface area contributed by atoms with Crippen molar-refractivity contribution in [1.29, 1.82) is 0 Å². The molecule has 0 fully saturated rings. The van der Waals surface area contributed by atoms with Crippen LogP contribution in [0.5, 0.6) is 11.5 Å². The van der Waals surface area contributed by atoms with E-state index in [1.165, 1.54) is 7.11 Å². The van der Waals surface area contributed by atoms with Gasteiger partial charge in [-0.25, -0.2) is 0 Å². The third kappa shape index (κ3) is 5.73. The molecule has 2 N–H and O–H groups in total. The van der Waals surface area contributed by atoms with Gasteiger partial charge in [-0.3, -0.25) is 9.59 Å². The minimum absolute atomic E-state index is 0.134. The van der Waals surface area contributed by atoms with E-state index in [2.05, 4.69) is 10.6 Å². The molecule has 0 bridgehead atoms. The fourth-order valence-corrected chi connectivity index (χ4v) is 2.78. The highest BCUT2D eigenvalue weighted by molar-refractivity contribution is 6.32. The maximum absolute atomic E-state index is 12.4. The second kappa shape index (κ2) is 9.61. The zero-order valence-electron chi connectivity index (χ0n) is 15.6. The van der Waals surface area contributed by atoms with Crippen LogP contribution in [0.25, 0.3) is 0 Å². The summed E-state index contributed by atoms with van der Waals surface area (Å²) in [6.07, 6.45) is 0. The molecule has 7 heteroatoms. The minimum atomic E-state index is -0.292. The average molecular weight is 411 g/mol. The van der Waals surface area contributed by atoms with Crippen LogP contribution in [0.3, 0.4) is 0 Å². The van der Waals surface area contributed by atoms with Crippen LogP contribution in [-0.2, 0) is 4.79 Å². The van der Waals surface area contributed by atoms with Gasteiger partial charge in [0.25, 0.3) is 11.8 Å². The van der Waals surface area contributed by atoms with Crippen molar-refractivity contribution in [3.05, 3.63) is 83.4 Å². The van der Waals surface area contributed by atoms with Crippen LogP contribution in [0.2, 0.25) is 5.02 Å². The predicted octanol–water partition coefficient (Wildman–Crippen LogP) is 4.62. The highest BCUT2D eigenvalue weighted by atomic mass is 35.5. The first-order chi connectivity index (χ1) is 14.0. The largest absolute Gasteiger partial charge is 0.495 e. The van der Waals surface area contributed by atoms with Crippen molar-refractivity contribution in [2.45, 2.75) is 0 Å². The van der Waals surface area contributed by atoms with Crippen LogP contribution < -0.4 is 20.1 Å². The Morgan fingerprint density at radius 2 is 1.62 bits per heavy atom. The van der Waals surface area contributed by atoms with Crippen molar-refractivity contribution in [1.82, 2.24) is 0 Å². The fraction of sp³-hybridized carbons (Fsp3) is 0.0909. The smallest absolute Gasteiger partial charge is 0.262 e. The molecule has 29 heavy (non-hydrogen) atoms. The van der Waals surface area contributed by atoms with Crippen molar-refractivity contribution in [2.75, 3.05) is 24.4 Å². The number of hydrogen-bond acceptors (Lipinski definition) is 4. The Morgan fingerprint density at radius 1 is 0.897 bits per heavy atom. The van der Waals surface area contributed by atoms with Crippen LogP contribution in [0.15, 0.2) is 72.8 Å². The molecule has 6 nitrogen and oxygen atoms in total. The average Bonchev–Trinajstić information content (AvgIpc) is 2.73. The lowest BCUT2D eigenvalue weighted by Gasteiger charge is -2.09. The molecule has 0 saturated carbocycles. The Hall–Kier alpha value is -3.51. The van der Waals surface area contributed by atoms with Crippen molar-refractivity contribution in [2.24, 2.45) is 0 Å². The SMILES string of the molecule is COc1ccc(NC(=O)c2ccc(OCC(=O)Nc3ccccc3)cc2)cc1Cl. The molecule has 148 valence electrons. The highest BCUT2D eigenvalue weighted by Crippen LogP contribution is 2.27. The number of carbonyl (C=O) groups is 2. The van der Waals surface area contributed by atoms with Crippen LogP contribution in [-0.4, -0.2) is 25.5 Å². The lowest BCUT2D eigenvalue weighted by molar-refractivity contribution is -0.118. The number of halogens is 1. The Labute approximate surface area is 173 Å². The number of methoxy groups -OCH3 is 1. The van der Waals surface area contributed by atoms with Gasteiger partial charge >= 0.3 is 0 Å². The summed E-state index contributed by atoms with van der Waals surface area (Å²) in [6, 6.07) is 20.6. The van der Waals surface area contributed by atoms with Crippen LogP contribution in [0, 0.1) is 0 Å². The van der Waals surface area contributed by atoms with Crippen LogP contribution in [0.1, 0.15) is 10.4 Å². The quantitative estimate of drug-likeness (QED) is 0.596. The van der Waals surface area contributed by atoms with Gasteiger partial charge in [0.05, 0.1) is 12.1 Å². The normalized spacial score (nSPS) is 10.1. The minimum Gasteiger partial charge on any atom is -0.495 e. The number of ether oxygens (including phenoxy) is 2. The Bertz CT molecular complexity index is 991. The summed E-state index contributed by atoms with van der Waals surface area (Å²) in [5, 5.41) is 5.90. The van der Waals surface area contributed by atoms with E-state index >= 15 is 0 Å². The molecule has 3 aromatic rings. The van der Waals surface area contributed by atoms with E-state index in [1.807, 2.05) is 18.2 Å². The number of nitrogens with one attached hydrogen (secondary N) is 2. The molecule has 0 aliphatic carbocycles. The van der Waals surface area contributed by atoms with Crippen molar-refractivity contribution in [3.8, 4) is 11.5 Å². The molecule has 0 radical (unpaired) electrons. The predicted molar refractivity (Wildman–Crippen MR) is 113 cm³/mol. The standard InChI is InChI=1S/C22H19ClN2O4/c1-28-20-12-9-17(13-19(20)23)25-22(27)15-7-10-18(11-8-15)29-14-21(26)24-16-5-3-2-4-6-16/h2-13H,14H2,1H3,(H,24,26)(H,25,27). The van der Waals surface area contributed by atoms with Gasteiger partial charge in [-0.1, -0.05) is 29.8 Å². The van der Waals surface area contributed by atoms with E-state index < -0.39 is 0 Å². The third-order valence-corrected chi connectivity index (χ3v) is 4.25. The molecule has 0 aliphatic rings. The Kier molecular flexibility index (Phi) is 6.71. The summed E-state index contributed by atoms with van der Waals surface area (Å²) in [6.45, 7) is -0.134. The van der Waals surface area contributed by atoms with Crippen LogP contribution in [0.4, 0.5) is 11.4 Å². The summed E-state index contributed by atoms with van der Waals surface area (Å²) in [5.74, 6) is 0.453. The lowest BCUT2D eigenvalue weighted by Crippen LogP contribution is -2.20. The van der Waals surface area contributed by atoms with E-state index in [4.69, 9.17) is 21.1 Å². The van der Waals surface area contributed by atoms with Crippen molar-refractivity contribution in [3.63, 3.8) is 0 Å². The summed E-state index contributed by atoms with van der Waals surface area (Å²) >= 11 is 6.07. The van der Waals surface area contributed by atoms with Gasteiger partial charge in [-0.05, 0) is 54.6 Å². The van der Waals surface area contributed by atoms with Gasteiger partial charge in [-0.2, -0.15) is 0 Å². The molecule has 0 saturated heterocycles. The zero-order valence-corrected chi connectivity index (χ0v) is 16.4. The molecule has 0 atom stereocenters. The number of carbonyl (C=O) groups excluding carboxylic acids is 2. The number of anilines is 2. The summed E-state index contributed by atoms with van der Waals surface area (Å²) in [4.78, 5) is 24.3. The van der Waals surface area contributed by atoms with E-state index in [0.717, 1.165) is 0 Å². The molecule has 0 aromatic heterocycles. The highest BCUT2D eigenvalue weighted by Gasteiger charge is 2.09. The third-order valence-electron chi connectivity index (χ3n) is 3.95. The number of benzene rings is 3. The maximum Gasteiger partial charge on any atom is 0.262 e. The Morgan fingerprint density at radius 3 is 2.28 bits per heavy atom. The topological polar surface area (TPSA) is 76.7 Å². The van der Waals surface area contributed by atoms with Gasteiger partial charge in [-0.15, -0.1) is 0 Å². The van der Waals surface area contributed by atoms with Crippen molar-refractivity contribution < 1.29 is 19.1 Å². The van der Waals surface area contributed by atoms with E-state index in [9.17, 15) is 9.59 Å². The first kappa shape index (κ1) is 20.2. The first-order valence-electron chi connectivity index (χ1n) is 8.78. The van der Waals surface area contributed by atoms with Crippen LogP contribution >= 0.6 is 11.6 Å². The van der Waals surface area contributed by atoms with Gasteiger partial charge in [0.1, 0.15) is 11.5 Å². The van der Waals surface area contributed by atoms with Gasteiger partial charge in [0.2, 0.25) is 0 Å². The van der Waals surface area contributed by atoms with Gasteiger partial charge < -0.3 is 20.1 Å². The first-order valence-corrected chi connectivity index (χ1v) is 9.15. The molecule has 3 aromatic carbocycles. The fourth-order valence-electron chi connectivity index (χ4n) is 2.52. The van der Waals surface area contributed by atoms with E-state index in [0.29, 0.717) is 33.5 Å². The monoisotopic (exact) mass is 410 g/mol. The second-order valence-electron chi connectivity index (χ2n) is 6.03. The number of rotatable bonds is 7. The molecule has 2 amide bonds. The maximum atomic E-state index is 12.4. The summed E-state index contributed by atoms with van der Waals surface area (Å²) < 4.78 is 10.5. The summed E-state index contributed by atoms with van der Waals surface area (Å²) in [7, 11) is 1.52. The number of amides is 2. The van der Waals surface area contributed by atoms with Gasteiger partial charge in [0.15, 0.2) is 6.61 Å². The molecular weight excluding hydrogens is 392 g/mol. The van der Waals surface area contributed by atoms with E-state index in [1.54, 1.807) is 54.6 Å². The Balaban J connectivity index is 1.53.